The molecule has 0 amide bonds. The van der Waals surface area contributed by atoms with Gasteiger partial charge in [0, 0.05) is 109 Å². The Balaban J connectivity index is 0.000000106. The van der Waals surface area contributed by atoms with Crippen LogP contribution in [-0.4, -0.2) is 29.9 Å². The minimum absolute atomic E-state index is 0.998. The van der Waals surface area contributed by atoms with Crippen LogP contribution in [0.2, 0.25) is 0 Å². The Morgan fingerprint density at radius 2 is 0.643 bits per heavy atom. The van der Waals surface area contributed by atoms with E-state index in [2.05, 4.69) is 259 Å². The smallest absolute Gasteiger partial charge is 0.0529 e. The predicted molar refractivity (Wildman–Crippen MR) is 410 cm³/mol. The van der Waals surface area contributed by atoms with E-state index in [0.717, 1.165) is 44.2 Å². The number of aryl methyl sites for hydroxylation is 10. The van der Waals surface area contributed by atoms with Crippen molar-refractivity contribution < 1.29 is 0 Å². The molecule has 6 aromatic heterocycles. The molecule has 98 heavy (non-hydrogen) atoms. The molecule has 0 spiro atoms. The number of aromatic nitrogens is 6. The molecule has 0 radical (unpaired) electrons. The molecule has 6 heteroatoms. The third kappa shape index (κ3) is 11.9. The van der Waals surface area contributed by atoms with E-state index in [4.69, 9.17) is 0 Å². The van der Waals surface area contributed by atoms with Crippen LogP contribution in [0, 0.1) is 138 Å². The van der Waals surface area contributed by atoms with Gasteiger partial charge >= 0.3 is 0 Å². The van der Waals surface area contributed by atoms with Crippen LogP contribution in [0.15, 0.2) is 134 Å². The first-order valence-electron chi connectivity index (χ1n) is 35.2. The van der Waals surface area contributed by atoms with E-state index in [9.17, 15) is 0 Å². The second-order valence-electron chi connectivity index (χ2n) is 28.8. The summed E-state index contributed by atoms with van der Waals surface area (Å²) in [5, 5.41) is 0. The van der Waals surface area contributed by atoms with Crippen LogP contribution in [0.25, 0.3) is 66.8 Å². The Labute approximate surface area is 583 Å². The molecule has 6 aromatic carbocycles. The second kappa shape index (κ2) is 26.6. The topological polar surface area (TPSA) is 77.3 Å². The van der Waals surface area contributed by atoms with Crippen molar-refractivity contribution in [2.45, 2.75) is 177 Å². The molecule has 6 nitrogen and oxygen atoms in total. The van der Waals surface area contributed by atoms with Crippen LogP contribution >= 0.6 is 0 Å². The van der Waals surface area contributed by atoms with Crippen LogP contribution in [-0.2, 0) is 38.5 Å². The van der Waals surface area contributed by atoms with Crippen LogP contribution < -0.4 is 0 Å². The van der Waals surface area contributed by atoms with Gasteiger partial charge in [-0.3, -0.25) is 29.9 Å². The van der Waals surface area contributed by atoms with E-state index in [1.165, 1.54) is 240 Å². The summed E-state index contributed by atoms with van der Waals surface area (Å²) in [6.45, 7) is 43.9. The van der Waals surface area contributed by atoms with Crippen molar-refractivity contribution in [1.29, 1.82) is 0 Å². The van der Waals surface area contributed by atoms with Gasteiger partial charge in [0.2, 0.25) is 0 Å². The van der Waals surface area contributed by atoms with Crippen LogP contribution in [0.4, 0.5) is 0 Å². The van der Waals surface area contributed by atoms with Crippen molar-refractivity contribution in [1.82, 2.24) is 29.9 Å². The number of hydrogen-bond acceptors (Lipinski definition) is 6. The fourth-order valence-electron chi connectivity index (χ4n) is 16.2. The molecule has 492 valence electrons. The second-order valence-corrected chi connectivity index (χ2v) is 28.8. The third-order valence-electron chi connectivity index (χ3n) is 23.1. The van der Waals surface area contributed by atoms with E-state index in [1.54, 1.807) is 0 Å². The van der Waals surface area contributed by atoms with Gasteiger partial charge in [0.05, 0.1) is 34.2 Å². The monoisotopic (exact) mass is 1280 g/mol. The number of pyridine rings is 6. The molecule has 0 fully saturated rings. The maximum atomic E-state index is 4.64. The molecule has 6 aliphatic rings. The zero-order valence-electron chi connectivity index (χ0n) is 61.6. The maximum absolute atomic E-state index is 4.64. The first kappa shape index (κ1) is 66.8. The van der Waals surface area contributed by atoms with Crippen molar-refractivity contribution in [3.63, 3.8) is 0 Å². The highest BCUT2D eigenvalue weighted by Gasteiger charge is 2.29. The molecule has 0 saturated heterocycles. The van der Waals surface area contributed by atoms with Crippen LogP contribution in [0.3, 0.4) is 0 Å². The lowest BCUT2D eigenvalue weighted by atomic mass is 9.89. The van der Waals surface area contributed by atoms with Gasteiger partial charge in [0.25, 0.3) is 0 Å². The number of fused-ring (bicyclic) bond motifs is 18. The van der Waals surface area contributed by atoms with E-state index >= 15 is 0 Å². The van der Waals surface area contributed by atoms with Gasteiger partial charge in [-0.2, -0.15) is 0 Å². The minimum Gasteiger partial charge on any atom is -0.260 e. The number of nitrogens with zero attached hydrogens (tertiary/aromatic N) is 6. The lowest BCUT2D eigenvalue weighted by Crippen LogP contribution is -1.98. The molecule has 0 bridgehead atoms. The summed E-state index contributed by atoms with van der Waals surface area (Å²) < 4.78 is 0. The highest BCUT2D eigenvalue weighted by Crippen LogP contribution is 2.46. The lowest BCUT2D eigenvalue weighted by molar-refractivity contribution is 1.06. The van der Waals surface area contributed by atoms with Crippen molar-refractivity contribution >= 4 is 0 Å². The summed E-state index contributed by atoms with van der Waals surface area (Å²) in [5.74, 6) is 0. The molecule has 18 rings (SSSR count). The Hall–Kier alpha value is -9.78. The third-order valence-corrected chi connectivity index (χ3v) is 23.1. The van der Waals surface area contributed by atoms with Gasteiger partial charge in [-0.25, -0.2) is 0 Å². The van der Waals surface area contributed by atoms with E-state index in [-0.39, 0.29) is 0 Å². The first-order valence-corrected chi connectivity index (χ1v) is 35.2. The molecule has 0 saturated carbocycles. The zero-order valence-corrected chi connectivity index (χ0v) is 61.6. The summed E-state index contributed by atoms with van der Waals surface area (Å²) in [5.41, 5.74) is 60.4. The fraction of sp³-hybridized carbons (Fsp3) is 0.283. The van der Waals surface area contributed by atoms with Crippen LogP contribution in [0.5, 0.6) is 0 Å². The molecular formula is C92H94N6. The normalized spacial score (nSPS) is 12.4. The Bertz CT molecular complexity index is 5270. The van der Waals surface area contributed by atoms with Crippen molar-refractivity contribution in [2.75, 3.05) is 0 Å². The SMILES string of the molecule is Cc1c(C)c(C)c2c(c1C)Cc1ncccc1-2.Cc1cc(C)c2c(c1C)Cc1ncccc1-2.Cc1cc2c(c(C)c1C)Cc1nccc(C)c1-2.Cc1ccc2c(c1C)Cc1nccc(C)c1-2.Cc1ccc2c(n1)Cc1c-2ccc(C)c1C.Cc1cnc2c(c1)-c1ccc(C)c(C)c1C2. The summed E-state index contributed by atoms with van der Waals surface area (Å²) >= 11 is 0. The van der Waals surface area contributed by atoms with Crippen molar-refractivity contribution in [3.05, 3.63) is 313 Å². The van der Waals surface area contributed by atoms with E-state index < -0.39 is 0 Å². The van der Waals surface area contributed by atoms with Gasteiger partial charge < -0.3 is 0 Å². The fourth-order valence-corrected chi connectivity index (χ4v) is 16.2. The molecule has 6 aliphatic carbocycles. The number of hydrogen-bond donors (Lipinski definition) is 0. The number of benzene rings is 6. The van der Waals surface area contributed by atoms with Crippen molar-refractivity contribution in [3.8, 4) is 66.8 Å². The maximum Gasteiger partial charge on any atom is 0.0529 e. The van der Waals surface area contributed by atoms with Crippen LogP contribution in [0.1, 0.15) is 179 Å². The van der Waals surface area contributed by atoms with Gasteiger partial charge in [0.15, 0.2) is 0 Å². The summed E-state index contributed by atoms with van der Waals surface area (Å²) in [6.07, 6.45) is 15.6. The molecule has 0 aliphatic heterocycles. The molecule has 12 aromatic rings. The van der Waals surface area contributed by atoms with E-state index in [1.807, 2.05) is 43.1 Å². The van der Waals surface area contributed by atoms with Gasteiger partial charge in [0.1, 0.15) is 0 Å². The number of rotatable bonds is 0. The summed E-state index contributed by atoms with van der Waals surface area (Å²) in [7, 11) is 0. The van der Waals surface area contributed by atoms with Gasteiger partial charge in [-0.05, 0) is 347 Å². The Morgan fingerprint density at radius 3 is 1.23 bits per heavy atom. The molecule has 0 N–H and O–H groups in total. The van der Waals surface area contributed by atoms with E-state index in [0.29, 0.717) is 0 Å². The zero-order chi connectivity index (χ0) is 69.4. The first-order chi connectivity index (χ1) is 46.9. The minimum atomic E-state index is 0.998. The summed E-state index contributed by atoms with van der Waals surface area (Å²) in [6, 6.07) is 37.2. The predicted octanol–water partition coefficient (Wildman–Crippen LogP) is 22.1. The highest BCUT2D eigenvalue weighted by molar-refractivity contribution is 5.85. The standard InChI is InChI=1S/2C16H17N.4C15H15N/c1-9-5-6-17-15-8-13-12(4)11(3)10(2)7-14(13)16(9)15;1-9-10(2)12(4)16-13-6-5-7-17-15(13)8-14(16)11(9)3;1-9-4-6-12-13-7-5-10(2)16-15(13)8-14(12)11(9)3;1-9-6-14-12-5-4-10(2)11(3)13(12)7-15(14)16-8-9;1-9-4-5-12-13(11(9)3)8-14-15(12)10(2)6-7-16-14;1-9-7-10(2)15-12-5-4-6-16-14(12)8-13(15)11(9)3/h2*5-7H,8H2,1-4H3;4-7H,8H2,1-3H3;4-6,8H,7H2,1-3H3;2*4-7H,8H2,1-3H3. The van der Waals surface area contributed by atoms with Gasteiger partial charge in [-0.15, -0.1) is 0 Å². The quantitative estimate of drug-likeness (QED) is 0.151. The Morgan fingerprint density at radius 1 is 0.224 bits per heavy atom. The highest BCUT2D eigenvalue weighted by atomic mass is 14.7. The van der Waals surface area contributed by atoms with Crippen molar-refractivity contribution in [2.24, 2.45) is 0 Å². The van der Waals surface area contributed by atoms with Gasteiger partial charge in [-0.1, -0.05) is 66.7 Å². The molecular weight excluding hydrogens is 1190 g/mol. The average molecular weight is 1280 g/mol. The summed E-state index contributed by atoms with van der Waals surface area (Å²) in [4.78, 5) is 27.2. The molecule has 6 heterocycles. The molecule has 0 unspecified atom stereocenters. The largest absolute Gasteiger partial charge is 0.260 e. The lowest BCUT2D eigenvalue weighted by Gasteiger charge is -2.15. The Kier molecular flexibility index (Phi) is 18.1. The molecule has 0 atom stereocenters. The average Bonchev–Trinajstić information content (AvgIpc) is 1.61.